The number of rotatable bonds is 6. The normalized spacial score (nSPS) is 30.1. The molecule has 0 bridgehead atoms. The lowest BCUT2D eigenvalue weighted by atomic mass is 9.54. The van der Waals surface area contributed by atoms with E-state index in [2.05, 4.69) is 56.3 Å². The molecule has 0 amide bonds. The molecule has 0 unspecified atom stereocenters. The van der Waals surface area contributed by atoms with Gasteiger partial charge in [-0.15, -0.1) is 0 Å². The maximum atomic E-state index is 13.1. The van der Waals surface area contributed by atoms with Crippen LogP contribution in [0.25, 0.3) is 0 Å². The van der Waals surface area contributed by atoms with Gasteiger partial charge in [0.05, 0.1) is 0 Å². The Balaban J connectivity index is 1.39. The topological polar surface area (TPSA) is 54.4 Å². The fraction of sp³-hybridized carbons (Fsp3) is 0.484. The zero-order valence-electron chi connectivity index (χ0n) is 20.4. The van der Waals surface area contributed by atoms with Crippen molar-refractivity contribution >= 4 is 11.8 Å². The standard InChI is InChI=1S/C31H36O3/c1-20-17-27-23(18-22(20)12-11-21-7-4-3-5-8-21)13-14-26-25(27)15-16-31(2)28(32)19-24(30(26)31)9-6-10-29(33)34/h3-8,10,17-18,24-26,30H,9,11-16,19H2,1-2H3,(H,33,34)/b10-6+/t24-,25+,26-,30+,31-/m1/s1. The minimum absolute atomic E-state index is 0.231. The molecule has 2 saturated carbocycles. The van der Waals surface area contributed by atoms with E-state index in [9.17, 15) is 9.59 Å². The molecule has 2 aromatic rings. The first-order valence-electron chi connectivity index (χ1n) is 13.0. The van der Waals surface area contributed by atoms with Crippen molar-refractivity contribution in [3.8, 4) is 0 Å². The second kappa shape index (κ2) is 9.17. The highest BCUT2D eigenvalue weighted by molar-refractivity contribution is 5.88. The molecule has 2 fully saturated rings. The summed E-state index contributed by atoms with van der Waals surface area (Å²) in [6.07, 6.45) is 10.8. The monoisotopic (exact) mass is 456 g/mol. The number of hydrogen-bond acceptors (Lipinski definition) is 2. The van der Waals surface area contributed by atoms with Crippen LogP contribution in [0.5, 0.6) is 0 Å². The van der Waals surface area contributed by atoms with E-state index >= 15 is 0 Å². The number of benzene rings is 2. The number of carboxylic acid groups (broad SMARTS) is 1. The van der Waals surface area contributed by atoms with Crippen LogP contribution in [0.4, 0.5) is 0 Å². The number of carboxylic acids is 1. The van der Waals surface area contributed by atoms with Gasteiger partial charge in [0, 0.05) is 17.9 Å². The number of aryl methyl sites for hydroxylation is 4. The van der Waals surface area contributed by atoms with E-state index in [0.29, 0.717) is 36.4 Å². The van der Waals surface area contributed by atoms with Gasteiger partial charge in [0.2, 0.25) is 0 Å². The number of carbonyl (C=O) groups is 2. The Morgan fingerprint density at radius 1 is 1.15 bits per heavy atom. The van der Waals surface area contributed by atoms with E-state index in [1.807, 2.05) is 0 Å². The van der Waals surface area contributed by atoms with Crippen LogP contribution < -0.4 is 0 Å². The fourth-order valence-electron chi connectivity index (χ4n) is 7.60. The molecule has 5 rings (SSSR count). The van der Waals surface area contributed by atoms with Gasteiger partial charge in [0.15, 0.2) is 0 Å². The Kier molecular flexibility index (Phi) is 6.22. The highest BCUT2D eigenvalue weighted by atomic mass is 16.4. The van der Waals surface area contributed by atoms with Gasteiger partial charge in [0.1, 0.15) is 5.78 Å². The second-order valence-electron chi connectivity index (χ2n) is 11.1. The summed E-state index contributed by atoms with van der Waals surface area (Å²) >= 11 is 0. The van der Waals surface area contributed by atoms with Crippen molar-refractivity contribution in [2.45, 2.75) is 71.1 Å². The van der Waals surface area contributed by atoms with Crippen LogP contribution >= 0.6 is 0 Å². The molecule has 3 heteroatoms. The Morgan fingerprint density at radius 3 is 2.71 bits per heavy atom. The van der Waals surface area contributed by atoms with Crippen LogP contribution in [-0.2, 0) is 28.9 Å². The molecule has 5 atom stereocenters. The molecule has 0 aromatic heterocycles. The molecule has 34 heavy (non-hydrogen) atoms. The number of hydrogen-bond donors (Lipinski definition) is 1. The number of ketones is 1. The third-order valence-corrected chi connectivity index (χ3v) is 9.25. The quantitative estimate of drug-likeness (QED) is 0.507. The Labute approximate surface area is 203 Å². The van der Waals surface area contributed by atoms with Gasteiger partial charge in [-0.2, -0.15) is 0 Å². The Bertz CT molecular complexity index is 1110. The van der Waals surface area contributed by atoms with Crippen LogP contribution in [0.2, 0.25) is 0 Å². The lowest BCUT2D eigenvalue weighted by Gasteiger charge is -2.50. The van der Waals surface area contributed by atoms with Crippen LogP contribution in [0.3, 0.4) is 0 Å². The van der Waals surface area contributed by atoms with Crippen molar-refractivity contribution in [2.75, 3.05) is 0 Å². The van der Waals surface area contributed by atoms with Gasteiger partial charge < -0.3 is 5.11 Å². The molecule has 3 aliphatic carbocycles. The maximum absolute atomic E-state index is 13.1. The van der Waals surface area contributed by atoms with Crippen molar-refractivity contribution in [3.63, 3.8) is 0 Å². The molecule has 1 N–H and O–H groups in total. The predicted molar refractivity (Wildman–Crippen MR) is 135 cm³/mol. The van der Waals surface area contributed by atoms with E-state index < -0.39 is 5.97 Å². The Morgan fingerprint density at radius 2 is 1.94 bits per heavy atom. The van der Waals surface area contributed by atoms with Crippen LogP contribution in [-0.4, -0.2) is 16.9 Å². The largest absolute Gasteiger partial charge is 0.478 e. The molecular weight excluding hydrogens is 420 g/mol. The molecule has 0 aliphatic heterocycles. The third-order valence-electron chi connectivity index (χ3n) is 9.25. The summed E-state index contributed by atoms with van der Waals surface area (Å²) in [6.45, 7) is 4.46. The Hall–Kier alpha value is -2.68. The highest BCUT2D eigenvalue weighted by Gasteiger charge is 2.58. The van der Waals surface area contributed by atoms with Crippen LogP contribution in [0, 0.1) is 30.1 Å². The summed E-state index contributed by atoms with van der Waals surface area (Å²) in [5.41, 5.74) is 7.07. The molecule has 0 spiro atoms. The molecular formula is C31H36O3. The summed E-state index contributed by atoms with van der Waals surface area (Å²) in [5.74, 6) is 1.19. The number of Topliss-reactive ketones (excluding diaryl/α,β-unsaturated/α-hetero) is 1. The number of aliphatic carboxylic acids is 1. The molecule has 178 valence electrons. The highest BCUT2D eigenvalue weighted by Crippen LogP contribution is 2.62. The van der Waals surface area contributed by atoms with E-state index in [-0.39, 0.29) is 11.3 Å². The van der Waals surface area contributed by atoms with E-state index in [1.54, 1.807) is 6.08 Å². The van der Waals surface area contributed by atoms with Crippen molar-refractivity contribution < 1.29 is 14.7 Å². The number of allylic oxidation sites excluding steroid dienone is 1. The molecule has 3 aliphatic rings. The van der Waals surface area contributed by atoms with Gasteiger partial charge in [-0.25, -0.2) is 4.79 Å². The number of carbonyl (C=O) groups excluding carboxylic acids is 1. The zero-order chi connectivity index (χ0) is 23.9. The summed E-state index contributed by atoms with van der Waals surface area (Å²) in [7, 11) is 0. The van der Waals surface area contributed by atoms with Gasteiger partial charge >= 0.3 is 5.97 Å². The van der Waals surface area contributed by atoms with Gasteiger partial charge in [-0.3, -0.25) is 4.79 Å². The summed E-state index contributed by atoms with van der Waals surface area (Å²) in [5, 5.41) is 9.02. The first-order chi connectivity index (χ1) is 16.4. The van der Waals surface area contributed by atoms with Crippen LogP contribution in [0.15, 0.2) is 54.6 Å². The molecule has 0 radical (unpaired) electrons. The minimum Gasteiger partial charge on any atom is -0.478 e. The van der Waals surface area contributed by atoms with Gasteiger partial charge in [-0.05, 0) is 103 Å². The van der Waals surface area contributed by atoms with E-state index in [1.165, 1.54) is 33.9 Å². The average Bonchev–Trinajstić information content (AvgIpc) is 3.08. The van der Waals surface area contributed by atoms with Crippen molar-refractivity contribution in [3.05, 3.63) is 82.4 Å². The number of fused-ring (bicyclic) bond motifs is 5. The summed E-state index contributed by atoms with van der Waals surface area (Å²) in [6, 6.07) is 15.7. The van der Waals surface area contributed by atoms with Crippen molar-refractivity contribution in [1.29, 1.82) is 0 Å². The van der Waals surface area contributed by atoms with Crippen molar-refractivity contribution in [2.24, 2.45) is 23.2 Å². The fourth-order valence-corrected chi connectivity index (χ4v) is 7.60. The van der Waals surface area contributed by atoms with E-state index in [0.717, 1.165) is 38.5 Å². The summed E-state index contributed by atoms with van der Waals surface area (Å²) in [4.78, 5) is 24.1. The molecule has 0 saturated heterocycles. The lowest BCUT2D eigenvalue weighted by molar-refractivity contribution is -0.131. The zero-order valence-corrected chi connectivity index (χ0v) is 20.4. The maximum Gasteiger partial charge on any atom is 0.327 e. The van der Waals surface area contributed by atoms with Crippen molar-refractivity contribution in [1.82, 2.24) is 0 Å². The minimum atomic E-state index is -0.904. The second-order valence-corrected chi connectivity index (χ2v) is 11.1. The van der Waals surface area contributed by atoms with E-state index in [4.69, 9.17) is 5.11 Å². The molecule has 3 nitrogen and oxygen atoms in total. The van der Waals surface area contributed by atoms with Crippen LogP contribution in [0.1, 0.15) is 72.8 Å². The SMILES string of the molecule is Cc1cc2c(cc1CCc1ccccc1)CC[C@H]1[C@@H]3[C@H](C/C=C/C(=O)O)CC(=O)[C@@]3(C)CC[C@H]21. The summed E-state index contributed by atoms with van der Waals surface area (Å²) < 4.78 is 0. The molecule has 0 heterocycles. The first-order valence-corrected chi connectivity index (χ1v) is 13.0. The third kappa shape index (κ3) is 4.15. The first kappa shape index (κ1) is 23.1. The smallest absolute Gasteiger partial charge is 0.327 e. The average molecular weight is 457 g/mol. The van der Waals surface area contributed by atoms with Gasteiger partial charge in [0.25, 0.3) is 0 Å². The predicted octanol–water partition coefficient (Wildman–Crippen LogP) is 6.46. The van der Waals surface area contributed by atoms with Gasteiger partial charge in [-0.1, -0.05) is 55.5 Å². The molecule has 2 aromatic carbocycles. The lowest BCUT2D eigenvalue weighted by Crippen LogP contribution is -2.44.